The number of thiazole rings is 1. The minimum absolute atomic E-state index is 0.0135. The number of hydrogen-bond donors (Lipinski definition) is 0. The van der Waals surface area contributed by atoms with Crippen LogP contribution in [0.2, 0.25) is 0 Å². The first kappa shape index (κ1) is 21.0. The lowest BCUT2D eigenvalue weighted by Gasteiger charge is -2.23. The zero-order valence-corrected chi connectivity index (χ0v) is 19.4. The lowest BCUT2D eigenvalue weighted by molar-refractivity contribution is 0.0985. The summed E-state index contributed by atoms with van der Waals surface area (Å²) in [4.78, 5) is 21.9. The van der Waals surface area contributed by atoms with E-state index in [0.717, 1.165) is 26.4 Å². The summed E-state index contributed by atoms with van der Waals surface area (Å²) < 4.78 is 2.08. The largest absolute Gasteiger partial charge is 0.308 e. The van der Waals surface area contributed by atoms with Gasteiger partial charge in [-0.2, -0.15) is 0 Å². The minimum atomic E-state index is -0.0135. The number of aromatic nitrogens is 1. The maximum atomic E-state index is 13.3. The Morgan fingerprint density at radius 1 is 1.07 bits per heavy atom. The van der Waals surface area contributed by atoms with Crippen molar-refractivity contribution in [2.75, 3.05) is 32.1 Å². The highest BCUT2D eigenvalue weighted by Crippen LogP contribution is 2.32. The van der Waals surface area contributed by atoms with Crippen molar-refractivity contribution in [2.24, 2.45) is 0 Å². The van der Waals surface area contributed by atoms with Gasteiger partial charge in [0, 0.05) is 23.1 Å². The Labute approximate surface area is 179 Å². The molecule has 1 amide bonds. The fraction of sp³-hybridized carbons (Fsp3) is 0.364. The van der Waals surface area contributed by atoms with E-state index in [1.807, 2.05) is 56.6 Å². The quantitative estimate of drug-likeness (QED) is 0.500. The van der Waals surface area contributed by atoms with Crippen LogP contribution in [0.1, 0.15) is 36.7 Å². The van der Waals surface area contributed by atoms with Gasteiger partial charge in [0.1, 0.15) is 0 Å². The third-order valence-corrected chi connectivity index (χ3v) is 6.12. The first-order valence-corrected chi connectivity index (χ1v) is 10.9. The van der Waals surface area contributed by atoms with Gasteiger partial charge in [0.25, 0.3) is 5.91 Å². The zero-order valence-electron chi connectivity index (χ0n) is 17.0. The van der Waals surface area contributed by atoms with Gasteiger partial charge in [-0.05, 0) is 55.4 Å². The first-order valence-electron chi connectivity index (χ1n) is 9.28. The number of carbonyl (C=O) groups is 1. The van der Waals surface area contributed by atoms with Crippen LogP contribution in [0.3, 0.4) is 0 Å². The molecule has 3 rings (SSSR count). The van der Waals surface area contributed by atoms with Crippen LogP contribution in [0.4, 0.5) is 5.13 Å². The van der Waals surface area contributed by atoms with Crippen molar-refractivity contribution < 1.29 is 4.79 Å². The number of fused-ring (bicyclic) bond motifs is 1. The molecule has 148 valence electrons. The molecule has 6 heteroatoms. The number of amides is 1. The van der Waals surface area contributed by atoms with Gasteiger partial charge >= 0.3 is 0 Å². The van der Waals surface area contributed by atoms with Gasteiger partial charge in [0.2, 0.25) is 0 Å². The average Bonchev–Trinajstić information content (AvgIpc) is 3.03. The Bertz CT molecular complexity index is 974. The molecule has 0 aliphatic carbocycles. The van der Waals surface area contributed by atoms with Crippen molar-refractivity contribution in [3.8, 4) is 0 Å². The molecule has 0 aliphatic rings. The molecular weight excluding hydrogens is 434 g/mol. The summed E-state index contributed by atoms with van der Waals surface area (Å²) >= 11 is 5.06. The van der Waals surface area contributed by atoms with Crippen LogP contribution >= 0.6 is 27.3 Å². The number of rotatable bonds is 5. The lowest BCUT2D eigenvalue weighted by Crippen LogP contribution is -2.36. The minimum Gasteiger partial charge on any atom is -0.308 e. The molecule has 0 unspecified atom stereocenters. The van der Waals surface area contributed by atoms with E-state index in [9.17, 15) is 4.79 Å². The van der Waals surface area contributed by atoms with Crippen LogP contribution in [0.25, 0.3) is 10.2 Å². The predicted octanol–water partition coefficient (Wildman–Crippen LogP) is 5.56. The molecular formula is C22H26BrN3OS. The van der Waals surface area contributed by atoms with Gasteiger partial charge in [-0.1, -0.05) is 60.2 Å². The van der Waals surface area contributed by atoms with Crippen LogP contribution < -0.4 is 4.90 Å². The number of hydrogen-bond acceptors (Lipinski definition) is 4. The second-order valence-corrected chi connectivity index (χ2v) is 10.1. The molecule has 1 heterocycles. The van der Waals surface area contributed by atoms with Crippen molar-refractivity contribution in [2.45, 2.75) is 26.2 Å². The molecule has 0 atom stereocenters. The van der Waals surface area contributed by atoms with Crippen molar-refractivity contribution in [1.29, 1.82) is 0 Å². The zero-order chi connectivity index (χ0) is 20.5. The number of carbonyl (C=O) groups excluding carboxylic acids is 1. The molecule has 2 aromatic carbocycles. The molecule has 0 saturated heterocycles. The summed E-state index contributed by atoms with van der Waals surface area (Å²) in [5.74, 6) is -0.0135. The Kier molecular flexibility index (Phi) is 6.22. The van der Waals surface area contributed by atoms with E-state index < -0.39 is 0 Å². The number of anilines is 1. The summed E-state index contributed by atoms with van der Waals surface area (Å²) in [6, 6.07) is 13.9. The van der Waals surface area contributed by atoms with Gasteiger partial charge in [-0.25, -0.2) is 4.98 Å². The fourth-order valence-electron chi connectivity index (χ4n) is 2.85. The van der Waals surface area contributed by atoms with Crippen LogP contribution in [-0.4, -0.2) is 43.0 Å². The van der Waals surface area contributed by atoms with E-state index in [4.69, 9.17) is 4.98 Å². The summed E-state index contributed by atoms with van der Waals surface area (Å²) in [5.41, 5.74) is 2.88. The Morgan fingerprint density at radius 2 is 1.75 bits per heavy atom. The van der Waals surface area contributed by atoms with Crippen LogP contribution in [-0.2, 0) is 5.41 Å². The molecule has 0 aliphatic heterocycles. The monoisotopic (exact) mass is 459 g/mol. The van der Waals surface area contributed by atoms with E-state index in [2.05, 4.69) is 41.6 Å². The van der Waals surface area contributed by atoms with Crippen molar-refractivity contribution in [3.05, 3.63) is 58.1 Å². The van der Waals surface area contributed by atoms with E-state index in [-0.39, 0.29) is 11.3 Å². The van der Waals surface area contributed by atoms with Crippen LogP contribution in [0.5, 0.6) is 0 Å². The first-order chi connectivity index (χ1) is 13.1. The highest BCUT2D eigenvalue weighted by molar-refractivity contribution is 9.10. The number of nitrogens with zero attached hydrogens (tertiary/aromatic N) is 3. The van der Waals surface area contributed by atoms with Gasteiger partial charge in [-0.3, -0.25) is 9.69 Å². The topological polar surface area (TPSA) is 36.4 Å². The third kappa shape index (κ3) is 4.80. The molecule has 0 saturated carbocycles. The second kappa shape index (κ2) is 8.31. The smallest absolute Gasteiger partial charge is 0.260 e. The van der Waals surface area contributed by atoms with Crippen molar-refractivity contribution in [1.82, 2.24) is 9.88 Å². The normalized spacial score (nSPS) is 12.0. The molecule has 0 N–H and O–H groups in total. The standard InChI is InChI=1S/C22H26BrN3OS/c1-22(2,3)16-8-6-15(7-9-16)20(27)26(13-12-25(4)5)21-24-18-11-10-17(23)14-19(18)28-21/h6-11,14H,12-13H2,1-5H3. The average molecular weight is 460 g/mol. The van der Waals surface area contributed by atoms with E-state index in [1.165, 1.54) is 5.56 Å². The second-order valence-electron chi connectivity index (χ2n) is 8.20. The third-order valence-electron chi connectivity index (χ3n) is 4.58. The maximum Gasteiger partial charge on any atom is 0.260 e. The number of likely N-dealkylation sites (N-methyl/N-ethyl adjacent to an activating group) is 1. The van der Waals surface area contributed by atoms with Gasteiger partial charge < -0.3 is 4.90 Å². The van der Waals surface area contributed by atoms with Gasteiger partial charge in [-0.15, -0.1) is 0 Å². The Balaban J connectivity index is 1.95. The highest BCUT2D eigenvalue weighted by Gasteiger charge is 2.22. The molecule has 1 aromatic heterocycles. The lowest BCUT2D eigenvalue weighted by atomic mass is 9.86. The summed E-state index contributed by atoms with van der Waals surface area (Å²) in [5, 5.41) is 0.736. The van der Waals surface area contributed by atoms with Gasteiger partial charge in [0.05, 0.1) is 10.2 Å². The molecule has 0 fully saturated rings. The SMILES string of the molecule is CN(C)CCN(C(=O)c1ccc(C(C)(C)C)cc1)c1nc2ccc(Br)cc2s1. The molecule has 0 spiro atoms. The summed E-state index contributed by atoms with van der Waals surface area (Å²) in [6.07, 6.45) is 0. The molecule has 4 nitrogen and oxygen atoms in total. The number of benzene rings is 2. The summed E-state index contributed by atoms with van der Waals surface area (Å²) in [7, 11) is 4.02. The highest BCUT2D eigenvalue weighted by atomic mass is 79.9. The van der Waals surface area contributed by atoms with E-state index in [1.54, 1.807) is 16.2 Å². The maximum absolute atomic E-state index is 13.3. The molecule has 3 aromatic rings. The molecule has 0 radical (unpaired) electrons. The predicted molar refractivity (Wildman–Crippen MR) is 123 cm³/mol. The van der Waals surface area contributed by atoms with Crippen molar-refractivity contribution >= 4 is 48.5 Å². The molecule has 0 bridgehead atoms. The van der Waals surface area contributed by atoms with E-state index in [0.29, 0.717) is 12.1 Å². The van der Waals surface area contributed by atoms with Crippen LogP contribution in [0.15, 0.2) is 46.9 Å². The Morgan fingerprint density at radius 3 is 2.36 bits per heavy atom. The fourth-order valence-corrected chi connectivity index (χ4v) is 4.40. The summed E-state index contributed by atoms with van der Waals surface area (Å²) in [6.45, 7) is 7.88. The van der Waals surface area contributed by atoms with Gasteiger partial charge in [0.15, 0.2) is 5.13 Å². The van der Waals surface area contributed by atoms with Crippen LogP contribution in [0, 0.1) is 0 Å². The van der Waals surface area contributed by atoms with Crippen molar-refractivity contribution in [3.63, 3.8) is 0 Å². The molecule has 28 heavy (non-hydrogen) atoms. The van der Waals surface area contributed by atoms with E-state index >= 15 is 0 Å². The number of halogens is 1. The Hall–Kier alpha value is -1.76.